The fraction of sp³-hybridized carbons (Fsp3) is 0.533. The first-order valence-electron chi connectivity index (χ1n) is 7.06. The molecule has 1 spiro atoms. The number of hydrogen-bond donors (Lipinski definition) is 1. The topological polar surface area (TPSA) is 61.6 Å². The summed E-state index contributed by atoms with van der Waals surface area (Å²) in [6.45, 7) is 0.642. The van der Waals surface area contributed by atoms with Gasteiger partial charge in [-0.15, -0.1) is 0 Å². The van der Waals surface area contributed by atoms with Crippen molar-refractivity contribution < 1.29 is 14.3 Å². The van der Waals surface area contributed by atoms with E-state index in [4.69, 9.17) is 26.8 Å². The molecule has 0 radical (unpaired) electrons. The standard InChI is InChI=1S/C15H18ClNO3S/c16-13-2-1-10(17)7-12(13)14(18)20-11-3-5-19-15(8-11)4-6-21-9-15/h1-2,7,11H,3-6,8-9,17H2. The van der Waals surface area contributed by atoms with Gasteiger partial charge in [-0.05, 0) is 30.4 Å². The van der Waals surface area contributed by atoms with E-state index in [1.807, 2.05) is 11.8 Å². The summed E-state index contributed by atoms with van der Waals surface area (Å²) in [5, 5.41) is 0.368. The number of benzene rings is 1. The third-order valence-corrected chi connectivity index (χ3v) is 5.55. The Morgan fingerprint density at radius 3 is 3.14 bits per heavy atom. The highest BCUT2D eigenvalue weighted by Gasteiger charge is 2.41. The van der Waals surface area contributed by atoms with Crippen molar-refractivity contribution in [3.05, 3.63) is 28.8 Å². The van der Waals surface area contributed by atoms with Gasteiger partial charge in [0.25, 0.3) is 0 Å². The molecule has 0 aliphatic carbocycles. The van der Waals surface area contributed by atoms with Gasteiger partial charge < -0.3 is 15.2 Å². The summed E-state index contributed by atoms with van der Waals surface area (Å²) in [6, 6.07) is 4.84. The summed E-state index contributed by atoms with van der Waals surface area (Å²) < 4.78 is 11.6. The van der Waals surface area contributed by atoms with E-state index in [1.54, 1.807) is 18.2 Å². The van der Waals surface area contributed by atoms with Crippen molar-refractivity contribution in [2.24, 2.45) is 0 Å². The van der Waals surface area contributed by atoms with Gasteiger partial charge in [0.2, 0.25) is 0 Å². The molecule has 2 aliphatic heterocycles. The van der Waals surface area contributed by atoms with Crippen LogP contribution in [0.15, 0.2) is 18.2 Å². The molecule has 0 aromatic heterocycles. The summed E-state index contributed by atoms with van der Waals surface area (Å²) in [7, 11) is 0. The van der Waals surface area contributed by atoms with Crippen LogP contribution < -0.4 is 5.73 Å². The minimum Gasteiger partial charge on any atom is -0.459 e. The molecule has 21 heavy (non-hydrogen) atoms. The average Bonchev–Trinajstić information content (AvgIpc) is 2.89. The highest BCUT2D eigenvalue weighted by molar-refractivity contribution is 7.99. The molecule has 2 heterocycles. The molecule has 2 N–H and O–H groups in total. The number of carbonyl (C=O) groups excluding carboxylic acids is 1. The van der Waals surface area contributed by atoms with E-state index < -0.39 is 5.97 Å². The number of anilines is 1. The van der Waals surface area contributed by atoms with Crippen LogP contribution in [0.1, 0.15) is 29.6 Å². The normalized spacial score (nSPS) is 28.7. The van der Waals surface area contributed by atoms with Crippen LogP contribution in [0.25, 0.3) is 0 Å². The zero-order valence-corrected chi connectivity index (χ0v) is 13.2. The fourth-order valence-electron chi connectivity index (χ4n) is 2.86. The van der Waals surface area contributed by atoms with Gasteiger partial charge in [-0.25, -0.2) is 4.79 Å². The molecule has 114 valence electrons. The predicted octanol–water partition coefficient (Wildman–Crippen LogP) is 3.13. The Kier molecular flexibility index (Phi) is 4.33. The third kappa shape index (κ3) is 3.30. The molecule has 1 aromatic rings. The van der Waals surface area contributed by atoms with Crippen molar-refractivity contribution in [3.63, 3.8) is 0 Å². The van der Waals surface area contributed by atoms with Crippen LogP contribution in [-0.4, -0.2) is 35.8 Å². The Morgan fingerprint density at radius 1 is 1.52 bits per heavy atom. The van der Waals surface area contributed by atoms with Gasteiger partial charge in [0.05, 0.1) is 22.8 Å². The monoisotopic (exact) mass is 327 g/mol. The summed E-state index contributed by atoms with van der Waals surface area (Å²) in [5.74, 6) is 1.70. The number of rotatable bonds is 2. The third-order valence-electron chi connectivity index (χ3n) is 4.00. The molecule has 4 nitrogen and oxygen atoms in total. The van der Waals surface area contributed by atoms with E-state index in [0.29, 0.717) is 22.9 Å². The van der Waals surface area contributed by atoms with E-state index >= 15 is 0 Å². The van der Waals surface area contributed by atoms with E-state index in [0.717, 1.165) is 30.8 Å². The summed E-state index contributed by atoms with van der Waals surface area (Å²) in [5.41, 5.74) is 6.43. The Hall–Kier alpha value is -0.910. The molecule has 6 heteroatoms. The van der Waals surface area contributed by atoms with Crippen LogP contribution in [0.5, 0.6) is 0 Å². The minimum absolute atomic E-state index is 0.104. The molecule has 2 atom stereocenters. The van der Waals surface area contributed by atoms with Crippen LogP contribution in [0.4, 0.5) is 5.69 Å². The first-order valence-corrected chi connectivity index (χ1v) is 8.59. The number of hydrogen-bond acceptors (Lipinski definition) is 5. The lowest BCUT2D eigenvalue weighted by atomic mass is 9.91. The van der Waals surface area contributed by atoms with Crippen LogP contribution in [-0.2, 0) is 9.47 Å². The number of halogens is 1. The van der Waals surface area contributed by atoms with Gasteiger partial charge in [0, 0.05) is 24.3 Å². The molecule has 0 saturated carbocycles. The number of esters is 1. The predicted molar refractivity (Wildman–Crippen MR) is 84.9 cm³/mol. The number of ether oxygens (including phenoxy) is 2. The SMILES string of the molecule is Nc1ccc(Cl)c(C(=O)OC2CCOC3(CCSC3)C2)c1. The van der Waals surface area contributed by atoms with Crippen LogP contribution in [0.3, 0.4) is 0 Å². The minimum atomic E-state index is -0.403. The lowest BCUT2D eigenvalue weighted by Crippen LogP contribution is -2.43. The number of thioether (sulfide) groups is 1. The maximum absolute atomic E-state index is 12.3. The second-order valence-electron chi connectivity index (χ2n) is 5.59. The maximum Gasteiger partial charge on any atom is 0.340 e. The molecule has 0 bridgehead atoms. The Balaban J connectivity index is 1.68. The number of nitrogen functional groups attached to an aromatic ring is 1. The van der Waals surface area contributed by atoms with Gasteiger partial charge in [-0.1, -0.05) is 11.6 Å². The van der Waals surface area contributed by atoms with E-state index in [-0.39, 0.29) is 11.7 Å². The Morgan fingerprint density at radius 2 is 2.38 bits per heavy atom. The summed E-state index contributed by atoms with van der Waals surface area (Å²) in [6.07, 6.45) is 2.43. The van der Waals surface area contributed by atoms with Crippen LogP contribution in [0.2, 0.25) is 5.02 Å². The highest BCUT2D eigenvalue weighted by Crippen LogP contribution is 2.39. The number of nitrogens with two attached hydrogens (primary N) is 1. The average molecular weight is 328 g/mol. The highest BCUT2D eigenvalue weighted by atomic mass is 35.5. The molecule has 3 rings (SSSR count). The van der Waals surface area contributed by atoms with E-state index in [9.17, 15) is 4.79 Å². The zero-order valence-electron chi connectivity index (χ0n) is 11.6. The van der Waals surface area contributed by atoms with Gasteiger partial charge in [0.15, 0.2) is 0 Å². The smallest absolute Gasteiger partial charge is 0.340 e. The number of carbonyl (C=O) groups is 1. The molecule has 2 unspecified atom stereocenters. The zero-order chi connectivity index (χ0) is 14.9. The van der Waals surface area contributed by atoms with Crippen molar-refractivity contribution in [3.8, 4) is 0 Å². The van der Waals surface area contributed by atoms with Crippen molar-refractivity contribution in [1.82, 2.24) is 0 Å². The molecular formula is C15H18ClNO3S. The molecule has 0 amide bonds. The van der Waals surface area contributed by atoms with E-state index in [2.05, 4.69) is 0 Å². The lowest BCUT2D eigenvalue weighted by Gasteiger charge is -2.37. The molecular weight excluding hydrogens is 310 g/mol. The molecule has 1 aromatic carbocycles. The first-order chi connectivity index (χ1) is 10.1. The molecule has 2 saturated heterocycles. The Bertz CT molecular complexity index is 546. The van der Waals surface area contributed by atoms with Gasteiger partial charge in [-0.2, -0.15) is 11.8 Å². The van der Waals surface area contributed by atoms with Gasteiger partial charge in [0.1, 0.15) is 6.10 Å². The molecule has 2 aliphatic rings. The maximum atomic E-state index is 12.3. The Labute approximate surface area is 133 Å². The molecule has 2 fully saturated rings. The van der Waals surface area contributed by atoms with Crippen LogP contribution in [0, 0.1) is 0 Å². The quantitative estimate of drug-likeness (QED) is 0.668. The largest absolute Gasteiger partial charge is 0.459 e. The van der Waals surface area contributed by atoms with Crippen molar-refractivity contribution >= 4 is 35.0 Å². The lowest BCUT2D eigenvalue weighted by molar-refractivity contribution is -0.106. The second-order valence-corrected chi connectivity index (χ2v) is 7.11. The first kappa shape index (κ1) is 15.0. The second kappa shape index (κ2) is 6.07. The summed E-state index contributed by atoms with van der Waals surface area (Å²) in [4.78, 5) is 12.3. The van der Waals surface area contributed by atoms with E-state index in [1.165, 1.54) is 0 Å². The summed E-state index contributed by atoms with van der Waals surface area (Å²) >= 11 is 7.94. The fourth-order valence-corrected chi connectivity index (χ4v) is 4.43. The van der Waals surface area contributed by atoms with Crippen molar-refractivity contribution in [2.75, 3.05) is 23.8 Å². The van der Waals surface area contributed by atoms with Crippen molar-refractivity contribution in [1.29, 1.82) is 0 Å². The van der Waals surface area contributed by atoms with Gasteiger partial charge in [-0.3, -0.25) is 0 Å². The van der Waals surface area contributed by atoms with Crippen LogP contribution >= 0.6 is 23.4 Å². The van der Waals surface area contributed by atoms with Crippen molar-refractivity contribution in [2.45, 2.75) is 31.0 Å². The van der Waals surface area contributed by atoms with Gasteiger partial charge >= 0.3 is 5.97 Å².